The molecule has 1 atom stereocenters. The Balaban J connectivity index is 2.00. The number of fused-ring (bicyclic) bond motifs is 1. The van der Waals surface area contributed by atoms with Crippen molar-refractivity contribution in [1.29, 1.82) is 0 Å². The molecule has 0 saturated heterocycles. The van der Waals surface area contributed by atoms with E-state index in [0.29, 0.717) is 22.4 Å². The van der Waals surface area contributed by atoms with Gasteiger partial charge in [-0.05, 0) is 43.2 Å². The van der Waals surface area contributed by atoms with Crippen LogP contribution in [0.3, 0.4) is 0 Å². The molecule has 0 spiro atoms. The van der Waals surface area contributed by atoms with Crippen LogP contribution in [0.2, 0.25) is 0 Å². The summed E-state index contributed by atoms with van der Waals surface area (Å²) in [5.41, 5.74) is 0.110. The van der Waals surface area contributed by atoms with Crippen molar-refractivity contribution in [1.82, 2.24) is 5.32 Å². The van der Waals surface area contributed by atoms with Gasteiger partial charge < -0.3 is 15.2 Å². The molecular formula is C18H16F3NO3. The molecule has 1 amide bonds. The van der Waals surface area contributed by atoms with E-state index in [-0.39, 0.29) is 0 Å². The summed E-state index contributed by atoms with van der Waals surface area (Å²) in [7, 11) is 0. The first-order chi connectivity index (χ1) is 11.6. The van der Waals surface area contributed by atoms with E-state index in [0.717, 1.165) is 12.1 Å². The minimum Gasteiger partial charge on any atom is -0.485 e. The molecule has 2 aromatic carbocycles. The lowest BCUT2D eigenvalue weighted by molar-refractivity contribution is -0.137. The van der Waals surface area contributed by atoms with Crippen LogP contribution in [0.5, 0.6) is 5.75 Å². The SMILES string of the molecule is CC1(C)Oc2cc(-c3cccc(C(F)(F)F)c3)ccc2C1NC(=O)O. The third kappa shape index (κ3) is 3.26. The van der Waals surface area contributed by atoms with Gasteiger partial charge in [0.1, 0.15) is 17.4 Å². The van der Waals surface area contributed by atoms with Crippen LogP contribution in [0, 0.1) is 0 Å². The van der Waals surface area contributed by atoms with Gasteiger partial charge in [0.15, 0.2) is 0 Å². The molecule has 1 heterocycles. The molecule has 0 fully saturated rings. The Labute approximate surface area is 142 Å². The zero-order valence-electron chi connectivity index (χ0n) is 13.5. The van der Waals surface area contributed by atoms with Gasteiger partial charge >= 0.3 is 12.3 Å². The maximum Gasteiger partial charge on any atom is 0.416 e. The van der Waals surface area contributed by atoms with Crippen molar-refractivity contribution in [3.8, 4) is 16.9 Å². The zero-order valence-corrected chi connectivity index (χ0v) is 13.5. The van der Waals surface area contributed by atoms with E-state index >= 15 is 0 Å². The standard InChI is InChI=1S/C18H16F3NO3/c1-17(2)15(22-16(23)24)13-7-6-11(9-14(13)25-17)10-4-3-5-12(8-10)18(19,20)21/h3-9,15,22H,1-2H3,(H,23,24). The van der Waals surface area contributed by atoms with Gasteiger partial charge in [-0.2, -0.15) is 13.2 Å². The third-order valence-electron chi connectivity index (χ3n) is 4.18. The van der Waals surface area contributed by atoms with Gasteiger partial charge in [-0.25, -0.2) is 4.79 Å². The van der Waals surface area contributed by atoms with Gasteiger partial charge in [-0.3, -0.25) is 0 Å². The van der Waals surface area contributed by atoms with Gasteiger partial charge in [-0.1, -0.05) is 24.3 Å². The van der Waals surface area contributed by atoms with E-state index < -0.39 is 29.5 Å². The Kier molecular flexibility index (Phi) is 3.89. The molecule has 1 unspecified atom stereocenters. The van der Waals surface area contributed by atoms with E-state index in [1.54, 1.807) is 38.1 Å². The highest BCUT2D eigenvalue weighted by atomic mass is 19.4. The summed E-state index contributed by atoms with van der Waals surface area (Å²) in [6, 6.07) is 9.45. The average molecular weight is 351 g/mol. The normalized spacial score (nSPS) is 18.4. The fourth-order valence-corrected chi connectivity index (χ4v) is 3.01. The van der Waals surface area contributed by atoms with Crippen molar-refractivity contribution in [2.24, 2.45) is 0 Å². The van der Waals surface area contributed by atoms with Crippen molar-refractivity contribution in [2.75, 3.05) is 0 Å². The summed E-state index contributed by atoms with van der Waals surface area (Å²) in [5, 5.41) is 11.4. The minimum absolute atomic E-state index is 0.411. The monoisotopic (exact) mass is 351 g/mol. The first-order valence-electron chi connectivity index (χ1n) is 7.58. The van der Waals surface area contributed by atoms with Gasteiger partial charge in [0.05, 0.1) is 5.56 Å². The number of nitrogens with one attached hydrogen (secondary N) is 1. The van der Waals surface area contributed by atoms with Gasteiger partial charge in [-0.15, -0.1) is 0 Å². The molecule has 7 heteroatoms. The van der Waals surface area contributed by atoms with Crippen LogP contribution in [0.1, 0.15) is 31.0 Å². The second kappa shape index (κ2) is 5.68. The smallest absolute Gasteiger partial charge is 0.416 e. The predicted octanol–water partition coefficient (Wildman–Crippen LogP) is 4.85. The second-order valence-electron chi connectivity index (χ2n) is 6.42. The summed E-state index contributed by atoms with van der Waals surface area (Å²) >= 11 is 0. The lowest BCUT2D eigenvalue weighted by Crippen LogP contribution is -2.41. The number of benzene rings is 2. The summed E-state index contributed by atoms with van der Waals surface area (Å²) in [6.45, 7) is 3.50. The number of hydrogen-bond acceptors (Lipinski definition) is 2. The van der Waals surface area contributed by atoms with Crippen LogP contribution in [-0.2, 0) is 6.18 Å². The first kappa shape index (κ1) is 17.1. The third-order valence-corrected chi connectivity index (χ3v) is 4.18. The quantitative estimate of drug-likeness (QED) is 0.813. The lowest BCUT2D eigenvalue weighted by Gasteiger charge is -2.25. The molecule has 0 aromatic heterocycles. The molecule has 0 aliphatic carbocycles. The van der Waals surface area contributed by atoms with E-state index in [1.165, 1.54) is 6.07 Å². The van der Waals surface area contributed by atoms with Crippen molar-refractivity contribution < 1.29 is 27.8 Å². The number of alkyl halides is 3. The fourth-order valence-electron chi connectivity index (χ4n) is 3.01. The Bertz CT molecular complexity index is 831. The van der Waals surface area contributed by atoms with Crippen molar-refractivity contribution in [3.05, 3.63) is 53.6 Å². The van der Waals surface area contributed by atoms with Crippen LogP contribution < -0.4 is 10.1 Å². The highest BCUT2D eigenvalue weighted by Crippen LogP contribution is 2.45. The Hall–Kier alpha value is -2.70. The van der Waals surface area contributed by atoms with E-state index in [1.807, 2.05) is 0 Å². The molecule has 1 aliphatic heterocycles. The number of halogens is 3. The van der Waals surface area contributed by atoms with Crippen molar-refractivity contribution >= 4 is 6.09 Å². The number of rotatable bonds is 2. The second-order valence-corrected chi connectivity index (χ2v) is 6.42. The summed E-state index contributed by atoms with van der Waals surface area (Å²) < 4.78 is 44.5. The lowest BCUT2D eigenvalue weighted by atomic mass is 9.93. The fraction of sp³-hybridized carbons (Fsp3) is 0.278. The first-order valence-corrected chi connectivity index (χ1v) is 7.58. The Morgan fingerprint density at radius 2 is 1.84 bits per heavy atom. The molecule has 0 saturated carbocycles. The highest BCUT2D eigenvalue weighted by molar-refractivity contribution is 5.70. The van der Waals surface area contributed by atoms with Crippen LogP contribution in [0.25, 0.3) is 11.1 Å². The molecule has 0 bridgehead atoms. The van der Waals surface area contributed by atoms with Gasteiger partial charge in [0.25, 0.3) is 0 Å². The van der Waals surface area contributed by atoms with Crippen LogP contribution in [-0.4, -0.2) is 16.8 Å². The molecule has 2 N–H and O–H groups in total. The minimum atomic E-state index is -4.41. The summed E-state index contributed by atoms with van der Waals surface area (Å²) in [4.78, 5) is 11.0. The Morgan fingerprint density at radius 1 is 1.16 bits per heavy atom. The molecule has 3 rings (SSSR count). The number of hydrogen-bond donors (Lipinski definition) is 2. The van der Waals surface area contributed by atoms with Crippen molar-refractivity contribution in [3.63, 3.8) is 0 Å². The molecular weight excluding hydrogens is 335 g/mol. The number of carboxylic acid groups (broad SMARTS) is 1. The Morgan fingerprint density at radius 3 is 2.48 bits per heavy atom. The molecule has 132 valence electrons. The molecule has 2 aromatic rings. The molecule has 4 nitrogen and oxygen atoms in total. The van der Waals surface area contributed by atoms with Crippen molar-refractivity contribution in [2.45, 2.75) is 31.7 Å². The van der Waals surface area contributed by atoms with E-state index in [4.69, 9.17) is 9.84 Å². The number of amides is 1. The largest absolute Gasteiger partial charge is 0.485 e. The van der Waals surface area contributed by atoms with E-state index in [9.17, 15) is 18.0 Å². The molecule has 25 heavy (non-hydrogen) atoms. The van der Waals surface area contributed by atoms with Crippen LogP contribution in [0.4, 0.5) is 18.0 Å². The summed E-state index contributed by atoms with van der Waals surface area (Å²) in [5.74, 6) is 0.457. The van der Waals surface area contributed by atoms with E-state index in [2.05, 4.69) is 5.32 Å². The van der Waals surface area contributed by atoms with Gasteiger partial charge in [0.2, 0.25) is 0 Å². The van der Waals surface area contributed by atoms with Crippen LogP contribution >= 0.6 is 0 Å². The average Bonchev–Trinajstić information content (AvgIpc) is 2.76. The zero-order chi connectivity index (χ0) is 18.4. The molecule has 0 radical (unpaired) electrons. The number of ether oxygens (including phenoxy) is 1. The van der Waals surface area contributed by atoms with Gasteiger partial charge in [0, 0.05) is 5.56 Å². The molecule has 1 aliphatic rings. The maximum absolute atomic E-state index is 12.9. The number of carbonyl (C=O) groups is 1. The predicted molar refractivity (Wildman–Crippen MR) is 85.5 cm³/mol. The maximum atomic E-state index is 12.9. The van der Waals surface area contributed by atoms with Crippen LogP contribution in [0.15, 0.2) is 42.5 Å². The highest BCUT2D eigenvalue weighted by Gasteiger charge is 2.42. The summed E-state index contributed by atoms with van der Waals surface area (Å²) in [6.07, 6.45) is -5.58. The topological polar surface area (TPSA) is 58.6 Å².